The predicted octanol–water partition coefficient (Wildman–Crippen LogP) is 6.91. The average molecular weight is 485 g/mol. The van der Waals surface area contributed by atoms with E-state index in [0.29, 0.717) is 17.0 Å². The van der Waals surface area contributed by atoms with Crippen molar-refractivity contribution in [1.82, 2.24) is 4.90 Å². The smallest absolute Gasteiger partial charge is 0.168 e. The summed E-state index contributed by atoms with van der Waals surface area (Å²) < 4.78 is 13.7. The van der Waals surface area contributed by atoms with Crippen molar-refractivity contribution in [3.63, 3.8) is 0 Å². The number of rotatable bonds is 7. The van der Waals surface area contributed by atoms with Gasteiger partial charge in [-0.25, -0.2) is 4.39 Å². The van der Waals surface area contributed by atoms with E-state index < -0.39 is 11.5 Å². The summed E-state index contributed by atoms with van der Waals surface area (Å²) in [6.45, 7) is 8.92. The van der Waals surface area contributed by atoms with Crippen molar-refractivity contribution in [3.8, 4) is 0 Å². The molecule has 3 rings (SSSR count). The van der Waals surface area contributed by atoms with Gasteiger partial charge < -0.3 is 0 Å². The molecular weight excluding hydrogens is 451 g/mol. The molecule has 0 N–H and O–H groups in total. The highest BCUT2D eigenvalue weighted by Gasteiger charge is 2.43. The Kier molecular flexibility index (Phi) is 8.10. The molecule has 182 valence electrons. The van der Waals surface area contributed by atoms with Gasteiger partial charge in [-0.05, 0) is 74.8 Å². The Morgan fingerprint density at radius 3 is 2.26 bits per heavy atom. The van der Waals surface area contributed by atoms with E-state index in [9.17, 15) is 14.0 Å². The first-order valence-corrected chi connectivity index (χ1v) is 12.2. The molecule has 0 saturated heterocycles. The lowest BCUT2D eigenvalue weighted by Gasteiger charge is -2.48. The molecule has 0 spiro atoms. The lowest BCUT2D eigenvalue weighted by atomic mass is 9.69. The molecule has 6 heteroatoms. The minimum absolute atomic E-state index is 0.000321. The van der Waals surface area contributed by atoms with Crippen LogP contribution in [0.5, 0.6) is 0 Å². The largest absolute Gasteiger partial charge is 0.298 e. The molecule has 0 aliphatic heterocycles. The number of carbonyl (C=O) groups is 2. The van der Waals surface area contributed by atoms with Crippen molar-refractivity contribution in [2.45, 2.75) is 65.1 Å². The van der Waals surface area contributed by atoms with E-state index in [1.165, 1.54) is 12.1 Å². The fourth-order valence-corrected chi connectivity index (χ4v) is 5.15. The van der Waals surface area contributed by atoms with Crippen LogP contribution in [0.15, 0.2) is 47.5 Å². The minimum Gasteiger partial charge on any atom is -0.298 e. The summed E-state index contributed by atoms with van der Waals surface area (Å²) in [4.78, 5) is 30.5. The van der Waals surface area contributed by atoms with Crippen LogP contribution in [-0.4, -0.2) is 35.9 Å². The fourth-order valence-electron chi connectivity index (χ4n) is 4.97. The van der Waals surface area contributed by atoms with E-state index in [1.54, 1.807) is 6.07 Å². The molecule has 1 fully saturated rings. The van der Waals surface area contributed by atoms with Gasteiger partial charge in [-0.3, -0.25) is 19.5 Å². The normalized spacial score (nSPS) is 22.5. The maximum Gasteiger partial charge on any atom is 0.168 e. The SMILES string of the molecule is CC(c1ccc(C=O)cc1)N(C)C1(/N=C(\C=O)c2ccc(F)c(Cl)c2)CCC(C(C)(C)C)CC1. The first-order valence-electron chi connectivity index (χ1n) is 11.8. The highest BCUT2D eigenvalue weighted by molar-refractivity contribution is 6.37. The van der Waals surface area contributed by atoms with Gasteiger partial charge in [0.2, 0.25) is 0 Å². The lowest BCUT2D eigenvalue weighted by Crippen LogP contribution is -2.50. The van der Waals surface area contributed by atoms with Crippen LogP contribution in [0.25, 0.3) is 0 Å². The van der Waals surface area contributed by atoms with E-state index in [1.807, 2.05) is 31.3 Å². The third-order valence-corrected chi connectivity index (χ3v) is 7.75. The number of benzene rings is 2. The van der Waals surface area contributed by atoms with Gasteiger partial charge in [-0.2, -0.15) is 0 Å². The Labute approximate surface area is 207 Å². The molecule has 1 saturated carbocycles. The Balaban J connectivity index is 2.02. The van der Waals surface area contributed by atoms with E-state index in [2.05, 4.69) is 32.6 Å². The summed E-state index contributed by atoms with van der Waals surface area (Å²) >= 11 is 6.00. The number of hydrogen-bond donors (Lipinski definition) is 0. The fraction of sp³-hybridized carbons (Fsp3) is 0.464. The zero-order chi connectivity index (χ0) is 25.1. The molecule has 0 aromatic heterocycles. The second-order valence-electron chi connectivity index (χ2n) is 10.4. The number of aldehydes is 2. The zero-order valence-corrected chi connectivity index (χ0v) is 21.4. The highest BCUT2D eigenvalue weighted by Crippen LogP contribution is 2.46. The lowest BCUT2D eigenvalue weighted by molar-refractivity contribution is -0.102. The zero-order valence-electron chi connectivity index (χ0n) is 20.6. The van der Waals surface area contributed by atoms with Crippen molar-refractivity contribution in [1.29, 1.82) is 0 Å². The first-order chi connectivity index (χ1) is 16.0. The Hall–Kier alpha value is -2.37. The molecule has 0 heterocycles. The second kappa shape index (κ2) is 10.5. The molecule has 2 aromatic rings. The van der Waals surface area contributed by atoms with E-state index in [4.69, 9.17) is 16.6 Å². The maximum atomic E-state index is 13.7. The molecule has 1 aliphatic carbocycles. The van der Waals surface area contributed by atoms with Crippen LogP contribution in [0.2, 0.25) is 5.02 Å². The molecule has 0 bridgehead atoms. The first kappa shape index (κ1) is 26.2. The van der Waals surface area contributed by atoms with Crippen molar-refractivity contribution < 1.29 is 14.0 Å². The van der Waals surface area contributed by atoms with Crippen LogP contribution in [0.1, 0.15) is 80.9 Å². The molecule has 1 aliphatic rings. The third kappa shape index (κ3) is 5.64. The van der Waals surface area contributed by atoms with Gasteiger partial charge >= 0.3 is 0 Å². The monoisotopic (exact) mass is 484 g/mol. The summed E-state index contributed by atoms with van der Waals surface area (Å²) in [5.74, 6) is 0.0342. The van der Waals surface area contributed by atoms with Crippen LogP contribution in [-0.2, 0) is 4.79 Å². The molecule has 2 aromatic carbocycles. The summed E-state index contributed by atoms with van der Waals surface area (Å²) in [5.41, 5.74) is 2.08. The standard InChI is InChI=1S/C28H34ClFN2O2/c1-19(21-8-6-20(17-33)7-9-21)32(5)28(14-12-23(13-15-28)27(2,3)4)31-26(18-34)22-10-11-25(30)24(29)16-22/h6-11,16-19,23H,12-15H2,1-5H3/b31-26+. The van der Waals surface area contributed by atoms with Gasteiger partial charge in [0.05, 0.1) is 5.02 Å². The number of carbonyl (C=O) groups excluding carboxylic acids is 2. The van der Waals surface area contributed by atoms with Crippen molar-refractivity contribution >= 4 is 29.9 Å². The van der Waals surface area contributed by atoms with E-state index in [-0.39, 0.29) is 22.2 Å². The van der Waals surface area contributed by atoms with Gasteiger partial charge in [-0.15, -0.1) is 0 Å². The quantitative estimate of drug-likeness (QED) is 0.317. The summed E-state index contributed by atoms with van der Waals surface area (Å²) in [6.07, 6.45) is 5.15. The highest BCUT2D eigenvalue weighted by atomic mass is 35.5. The van der Waals surface area contributed by atoms with Gasteiger partial charge in [0, 0.05) is 17.2 Å². The number of aliphatic imine (C=N–C) groups is 1. The molecule has 34 heavy (non-hydrogen) atoms. The van der Waals surface area contributed by atoms with Gasteiger partial charge in [-0.1, -0.05) is 56.6 Å². The number of nitrogens with zero attached hydrogens (tertiary/aromatic N) is 2. The van der Waals surface area contributed by atoms with Crippen molar-refractivity contribution in [2.24, 2.45) is 16.3 Å². The van der Waals surface area contributed by atoms with E-state index in [0.717, 1.165) is 43.8 Å². The molecule has 0 amide bonds. The molecule has 0 radical (unpaired) electrons. The van der Waals surface area contributed by atoms with Crippen LogP contribution in [0, 0.1) is 17.2 Å². The topological polar surface area (TPSA) is 49.7 Å². The molecular formula is C28H34ClFN2O2. The Morgan fingerprint density at radius 1 is 1.15 bits per heavy atom. The van der Waals surface area contributed by atoms with E-state index >= 15 is 0 Å². The van der Waals surface area contributed by atoms with Gasteiger partial charge in [0.25, 0.3) is 0 Å². The average Bonchev–Trinajstić information content (AvgIpc) is 2.83. The maximum absolute atomic E-state index is 13.7. The Bertz CT molecular complexity index is 1050. The van der Waals surface area contributed by atoms with Gasteiger partial charge in [0.15, 0.2) is 6.29 Å². The van der Waals surface area contributed by atoms with Crippen LogP contribution in [0.3, 0.4) is 0 Å². The van der Waals surface area contributed by atoms with Gasteiger partial charge in [0.1, 0.15) is 23.5 Å². The molecule has 4 nitrogen and oxygen atoms in total. The summed E-state index contributed by atoms with van der Waals surface area (Å²) in [7, 11) is 2.04. The second-order valence-corrected chi connectivity index (χ2v) is 10.8. The minimum atomic E-state index is -0.596. The molecule has 1 unspecified atom stereocenters. The third-order valence-electron chi connectivity index (χ3n) is 7.46. The Morgan fingerprint density at radius 2 is 1.76 bits per heavy atom. The van der Waals surface area contributed by atoms with Crippen LogP contribution < -0.4 is 0 Å². The predicted molar refractivity (Wildman–Crippen MR) is 136 cm³/mol. The summed E-state index contributed by atoms with van der Waals surface area (Å²) in [5, 5.41) is -0.0328. The van der Waals surface area contributed by atoms with Crippen LogP contribution >= 0.6 is 11.6 Å². The number of halogens is 2. The molecule has 1 atom stereocenters. The summed E-state index contributed by atoms with van der Waals surface area (Å²) in [6, 6.07) is 11.8. The number of hydrogen-bond acceptors (Lipinski definition) is 4. The van der Waals surface area contributed by atoms with Crippen molar-refractivity contribution in [3.05, 3.63) is 70.0 Å². The van der Waals surface area contributed by atoms with Crippen molar-refractivity contribution in [2.75, 3.05) is 7.05 Å². The van der Waals surface area contributed by atoms with Crippen LogP contribution in [0.4, 0.5) is 4.39 Å².